The lowest BCUT2D eigenvalue weighted by Gasteiger charge is -2.34. The molecular weight excluding hydrogens is 212 g/mol. The van der Waals surface area contributed by atoms with Crippen molar-refractivity contribution in [2.75, 3.05) is 26.3 Å². The minimum absolute atomic E-state index is 0.471. The van der Waals surface area contributed by atoms with Gasteiger partial charge < -0.3 is 4.74 Å². The summed E-state index contributed by atoms with van der Waals surface area (Å²) in [5.41, 5.74) is 1.35. The van der Waals surface area contributed by atoms with Crippen molar-refractivity contribution in [3.05, 3.63) is 35.9 Å². The SMILES string of the molecule is CCC(NCc1ccccc1)N1CCOCC1. The first kappa shape index (κ1) is 12.6. The standard InChI is InChI=1S/C14H22N2O/c1-2-14(16-8-10-17-11-9-16)15-12-13-6-4-3-5-7-13/h3-7,14-15H,2,8-12H2,1H3. The van der Waals surface area contributed by atoms with Crippen LogP contribution in [0.5, 0.6) is 0 Å². The molecule has 0 amide bonds. The molecule has 0 aromatic heterocycles. The zero-order chi connectivity index (χ0) is 11.9. The quantitative estimate of drug-likeness (QED) is 0.841. The number of hydrogen-bond acceptors (Lipinski definition) is 3. The molecule has 1 atom stereocenters. The van der Waals surface area contributed by atoms with E-state index in [4.69, 9.17) is 4.74 Å². The molecule has 1 aromatic rings. The minimum Gasteiger partial charge on any atom is -0.379 e. The lowest BCUT2D eigenvalue weighted by atomic mass is 10.2. The predicted molar refractivity (Wildman–Crippen MR) is 69.8 cm³/mol. The van der Waals surface area contributed by atoms with Gasteiger partial charge in [-0.3, -0.25) is 10.2 Å². The first-order valence-electron chi connectivity index (χ1n) is 6.49. The van der Waals surface area contributed by atoms with Crippen LogP contribution >= 0.6 is 0 Å². The fourth-order valence-corrected chi connectivity index (χ4v) is 2.25. The summed E-state index contributed by atoms with van der Waals surface area (Å²) < 4.78 is 5.39. The fourth-order valence-electron chi connectivity index (χ4n) is 2.25. The Morgan fingerprint density at radius 1 is 1.24 bits per heavy atom. The second-order valence-electron chi connectivity index (χ2n) is 4.44. The summed E-state index contributed by atoms with van der Waals surface area (Å²) in [4.78, 5) is 2.48. The Balaban J connectivity index is 1.82. The first-order chi connectivity index (χ1) is 8.40. The third kappa shape index (κ3) is 3.80. The van der Waals surface area contributed by atoms with Crippen LogP contribution in [0.1, 0.15) is 18.9 Å². The van der Waals surface area contributed by atoms with Crippen LogP contribution in [0.25, 0.3) is 0 Å². The van der Waals surface area contributed by atoms with Gasteiger partial charge in [-0.05, 0) is 12.0 Å². The lowest BCUT2D eigenvalue weighted by molar-refractivity contribution is 0.00746. The third-order valence-electron chi connectivity index (χ3n) is 3.26. The number of ether oxygens (including phenoxy) is 1. The van der Waals surface area contributed by atoms with Crippen molar-refractivity contribution in [1.82, 2.24) is 10.2 Å². The second-order valence-corrected chi connectivity index (χ2v) is 4.44. The molecule has 1 unspecified atom stereocenters. The van der Waals surface area contributed by atoms with Crippen molar-refractivity contribution < 1.29 is 4.74 Å². The zero-order valence-corrected chi connectivity index (χ0v) is 10.6. The number of morpholine rings is 1. The molecule has 17 heavy (non-hydrogen) atoms. The summed E-state index contributed by atoms with van der Waals surface area (Å²) in [6, 6.07) is 10.6. The summed E-state index contributed by atoms with van der Waals surface area (Å²) in [6.45, 7) is 6.99. The van der Waals surface area contributed by atoms with E-state index in [0.29, 0.717) is 6.17 Å². The summed E-state index contributed by atoms with van der Waals surface area (Å²) in [5.74, 6) is 0. The molecular formula is C14H22N2O. The van der Waals surface area contributed by atoms with Gasteiger partial charge in [-0.25, -0.2) is 0 Å². The molecule has 0 saturated carbocycles. The van der Waals surface area contributed by atoms with Crippen molar-refractivity contribution >= 4 is 0 Å². The average molecular weight is 234 g/mol. The number of rotatable bonds is 5. The molecule has 2 rings (SSSR count). The Morgan fingerprint density at radius 3 is 2.59 bits per heavy atom. The maximum atomic E-state index is 5.39. The van der Waals surface area contributed by atoms with E-state index in [0.717, 1.165) is 39.3 Å². The van der Waals surface area contributed by atoms with Crippen molar-refractivity contribution in [1.29, 1.82) is 0 Å². The number of hydrogen-bond donors (Lipinski definition) is 1. The van der Waals surface area contributed by atoms with E-state index in [2.05, 4.69) is 47.5 Å². The molecule has 1 heterocycles. The Bertz CT molecular complexity index is 309. The zero-order valence-electron chi connectivity index (χ0n) is 10.6. The lowest BCUT2D eigenvalue weighted by Crippen LogP contribution is -2.50. The summed E-state index contributed by atoms with van der Waals surface area (Å²) in [7, 11) is 0. The maximum Gasteiger partial charge on any atom is 0.0598 e. The molecule has 0 radical (unpaired) electrons. The fraction of sp³-hybridized carbons (Fsp3) is 0.571. The molecule has 1 N–H and O–H groups in total. The molecule has 3 heteroatoms. The summed E-state index contributed by atoms with van der Waals surface area (Å²) in [5, 5.41) is 3.63. The van der Waals surface area contributed by atoms with Gasteiger partial charge in [-0.2, -0.15) is 0 Å². The van der Waals surface area contributed by atoms with Crippen LogP contribution in [0.3, 0.4) is 0 Å². The van der Waals surface area contributed by atoms with E-state index in [1.807, 2.05) is 0 Å². The number of nitrogens with zero attached hydrogens (tertiary/aromatic N) is 1. The van der Waals surface area contributed by atoms with Gasteiger partial charge in [-0.15, -0.1) is 0 Å². The van der Waals surface area contributed by atoms with E-state index >= 15 is 0 Å². The molecule has 3 nitrogen and oxygen atoms in total. The van der Waals surface area contributed by atoms with Gasteiger partial charge in [0.2, 0.25) is 0 Å². The average Bonchev–Trinajstić information content (AvgIpc) is 2.42. The van der Waals surface area contributed by atoms with Gasteiger partial charge in [-0.1, -0.05) is 37.3 Å². The highest BCUT2D eigenvalue weighted by molar-refractivity contribution is 5.14. The van der Waals surface area contributed by atoms with Crippen molar-refractivity contribution in [3.63, 3.8) is 0 Å². The molecule has 1 aliphatic rings. The molecule has 0 spiro atoms. The van der Waals surface area contributed by atoms with Gasteiger partial charge in [0.05, 0.1) is 19.4 Å². The van der Waals surface area contributed by atoms with Crippen LogP contribution in [-0.4, -0.2) is 37.4 Å². The highest BCUT2D eigenvalue weighted by atomic mass is 16.5. The molecule has 1 saturated heterocycles. The van der Waals surface area contributed by atoms with E-state index in [1.165, 1.54) is 5.56 Å². The largest absolute Gasteiger partial charge is 0.379 e. The Kier molecular flexibility index (Phi) is 4.98. The van der Waals surface area contributed by atoms with Crippen molar-refractivity contribution in [3.8, 4) is 0 Å². The Labute approximate surface area is 104 Å². The van der Waals surface area contributed by atoms with Crippen LogP contribution in [-0.2, 0) is 11.3 Å². The highest BCUT2D eigenvalue weighted by Crippen LogP contribution is 2.06. The van der Waals surface area contributed by atoms with Crippen LogP contribution in [0.4, 0.5) is 0 Å². The van der Waals surface area contributed by atoms with Crippen LogP contribution in [0, 0.1) is 0 Å². The number of nitrogens with one attached hydrogen (secondary N) is 1. The normalized spacial score (nSPS) is 19.1. The van der Waals surface area contributed by atoms with Gasteiger partial charge in [0.1, 0.15) is 0 Å². The maximum absolute atomic E-state index is 5.39. The third-order valence-corrected chi connectivity index (χ3v) is 3.26. The monoisotopic (exact) mass is 234 g/mol. The highest BCUT2D eigenvalue weighted by Gasteiger charge is 2.18. The molecule has 0 aliphatic carbocycles. The van der Waals surface area contributed by atoms with Gasteiger partial charge in [0.25, 0.3) is 0 Å². The Hall–Kier alpha value is -0.900. The smallest absolute Gasteiger partial charge is 0.0598 e. The molecule has 1 aromatic carbocycles. The molecule has 94 valence electrons. The number of benzene rings is 1. The molecule has 1 fully saturated rings. The minimum atomic E-state index is 0.471. The predicted octanol–water partition coefficient (Wildman–Crippen LogP) is 1.84. The van der Waals surface area contributed by atoms with E-state index in [9.17, 15) is 0 Å². The van der Waals surface area contributed by atoms with Crippen molar-refractivity contribution in [2.24, 2.45) is 0 Å². The van der Waals surface area contributed by atoms with Crippen molar-refractivity contribution in [2.45, 2.75) is 26.1 Å². The van der Waals surface area contributed by atoms with Gasteiger partial charge in [0, 0.05) is 19.6 Å². The first-order valence-corrected chi connectivity index (χ1v) is 6.49. The van der Waals surface area contributed by atoms with E-state index in [-0.39, 0.29) is 0 Å². The summed E-state index contributed by atoms with van der Waals surface area (Å²) in [6.07, 6.45) is 1.60. The Morgan fingerprint density at radius 2 is 1.94 bits per heavy atom. The van der Waals surface area contributed by atoms with Crippen LogP contribution in [0.2, 0.25) is 0 Å². The van der Waals surface area contributed by atoms with Gasteiger partial charge in [0.15, 0.2) is 0 Å². The van der Waals surface area contributed by atoms with E-state index in [1.54, 1.807) is 0 Å². The summed E-state index contributed by atoms with van der Waals surface area (Å²) >= 11 is 0. The van der Waals surface area contributed by atoms with Gasteiger partial charge >= 0.3 is 0 Å². The van der Waals surface area contributed by atoms with Crippen LogP contribution in [0.15, 0.2) is 30.3 Å². The molecule has 0 bridgehead atoms. The van der Waals surface area contributed by atoms with Crippen LogP contribution < -0.4 is 5.32 Å². The van der Waals surface area contributed by atoms with E-state index < -0.39 is 0 Å². The molecule has 1 aliphatic heterocycles. The second kappa shape index (κ2) is 6.74. The topological polar surface area (TPSA) is 24.5 Å².